The Morgan fingerprint density at radius 1 is 1.29 bits per heavy atom. The van der Waals surface area contributed by atoms with E-state index in [9.17, 15) is 14.5 Å². The van der Waals surface area contributed by atoms with E-state index < -0.39 is 16.4 Å². The molecule has 3 rings (SSSR count). The summed E-state index contributed by atoms with van der Waals surface area (Å²) >= 11 is 0. The molecule has 0 bridgehead atoms. The summed E-state index contributed by atoms with van der Waals surface area (Å²) in [5.74, 6) is -0.0151. The maximum absolute atomic E-state index is 13.5. The maximum Gasteiger partial charge on any atom is 0.327 e. The van der Waals surface area contributed by atoms with Crippen LogP contribution >= 0.6 is 0 Å². The number of hydrogen-bond donors (Lipinski definition) is 1. The fourth-order valence-electron chi connectivity index (χ4n) is 2.44. The van der Waals surface area contributed by atoms with E-state index in [0.717, 1.165) is 23.8 Å². The van der Waals surface area contributed by atoms with E-state index >= 15 is 0 Å². The van der Waals surface area contributed by atoms with Crippen LogP contribution < -0.4 is 10.1 Å². The minimum atomic E-state index is -0.847. The van der Waals surface area contributed by atoms with Gasteiger partial charge in [-0.25, -0.2) is 0 Å². The summed E-state index contributed by atoms with van der Waals surface area (Å²) in [6, 6.07) is 11.7. The van der Waals surface area contributed by atoms with E-state index in [4.69, 9.17) is 4.74 Å². The molecular weight excluding hydrogens is 275 g/mol. The van der Waals surface area contributed by atoms with Crippen LogP contribution in [0.2, 0.25) is 0 Å². The number of ether oxygens (including phenoxy) is 1. The average molecular weight is 288 g/mol. The molecule has 0 spiro atoms. The molecule has 0 amide bonds. The van der Waals surface area contributed by atoms with Crippen LogP contribution in [0.3, 0.4) is 0 Å². The number of nitro groups is 1. The van der Waals surface area contributed by atoms with Gasteiger partial charge in [-0.3, -0.25) is 10.1 Å². The van der Waals surface area contributed by atoms with Crippen molar-refractivity contribution in [2.45, 2.75) is 12.5 Å². The van der Waals surface area contributed by atoms with E-state index in [-0.39, 0.29) is 11.8 Å². The van der Waals surface area contributed by atoms with Gasteiger partial charge in [0.25, 0.3) is 0 Å². The highest BCUT2D eigenvalue weighted by atomic mass is 19.1. The Morgan fingerprint density at radius 3 is 2.86 bits per heavy atom. The predicted molar refractivity (Wildman–Crippen MR) is 76.1 cm³/mol. The normalized spacial score (nSPS) is 16.1. The number of hydrogen-bond acceptors (Lipinski definition) is 4. The van der Waals surface area contributed by atoms with Gasteiger partial charge in [0.05, 0.1) is 11.5 Å². The number of para-hydroxylation sites is 2. The molecule has 0 saturated heterocycles. The number of benzene rings is 2. The molecule has 1 atom stereocenters. The molecule has 0 aliphatic carbocycles. The largest absolute Gasteiger partial charge is 0.488 e. The minimum Gasteiger partial charge on any atom is -0.488 e. The molecule has 2 aromatic rings. The molecule has 1 N–H and O–H groups in total. The third kappa shape index (κ3) is 2.65. The van der Waals surface area contributed by atoms with Gasteiger partial charge in [0, 0.05) is 6.42 Å². The predicted octanol–water partition coefficient (Wildman–Crippen LogP) is 3.15. The number of nitrogens with zero attached hydrogens (tertiary/aromatic N) is 1. The highest BCUT2D eigenvalue weighted by Crippen LogP contribution is 2.30. The summed E-state index contributed by atoms with van der Waals surface area (Å²) in [6.45, 7) is 0.374. The second-order valence-corrected chi connectivity index (χ2v) is 4.83. The van der Waals surface area contributed by atoms with Crippen LogP contribution in [0.25, 0.3) is 0 Å². The Balaban J connectivity index is 1.70. The third-order valence-electron chi connectivity index (χ3n) is 3.40. The second kappa shape index (κ2) is 5.40. The van der Waals surface area contributed by atoms with Crippen LogP contribution in [0.1, 0.15) is 5.56 Å². The van der Waals surface area contributed by atoms with Crippen molar-refractivity contribution in [1.82, 2.24) is 0 Å². The van der Waals surface area contributed by atoms with Crippen LogP contribution in [0.5, 0.6) is 5.75 Å². The van der Waals surface area contributed by atoms with Crippen molar-refractivity contribution in [3.63, 3.8) is 0 Å². The minimum absolute atomic E-state index is 0.120. The van der Waals surface area contributed by atoms with Crippen LogP contribution in [-0.2, 0) is 6.42 Å². The van der Waals surface area contributed by atoms with Gasteiger partial charge in [-0.2, -0.15) is 4.39 Å². The molecule has 0 fully saturated rings. The standard InChI is InChI=1S/C15H13FN2O3/c16-12-5-3-6-13(15(12)18(19)20)17-9-11-8-10-4-1-2-7-14(10)21-11/h1-7,11,17H,8-9H2. The highest BCUT2D eigenvalue weighted by molar-refractivity contribution is 5.62. The average Bonchev–Trinajstić information content (AvgIpc) is 2.87. The summed E-state index contributed by atoms with van der Waals surface area (Å²) in [6.07, 6.45) is 0.608. The van der Waals surface area contributed by atoms with Crippen LogP contribution in [0, 0.1) is 15.9 Å². The first kappa shape index (κ1) is 13.4. The number of nitro benzene ring substituents is 1. The van der Waals surface area contributed by atoms with Gasteiger partial charge in [0.15, 0.2) is 0 Å². The van der Waals surface area contributed by atoms with Crippen molar-refractivity contribution in [2.75, 3.05) is 11.9 Å². The van der Waals surface area contributed by atoms with E-state index in [1.165, 1.54) is 12.1 Å². The Bertz CT molecular complexity index is 665. The first-order valence-corrected chi connectivity index (χ1v) is 6.56. The van der Waals surface area contributed by atoms with Gasteiger partial charge in [-0.05, 0) is 23.8 Å². The topological polar surface area (TPSA) is 64.4 Å². The molecule has 0 saturated carbocycles. The zero-order chi connectivity index (χ0) is 14.8. The molecule has 108 valence electrons. The Morgan fingerprint density at radius 2 is 2.10 bits per heavy atom. The molecule has 1 aliphatic rings. The third-order valence-corrected chi connectivity index (χ3v) is 3.40. The first-order chi connectivity index (χ1) is 10.1. The number of fused-ring (bicyclic) bond motifs is 1. The number of nitrogens with one attached hydrogen (secondary N) is 1. The van der Waals surface area contributed by atoms with Crippen molar-refractivity contribution in [3.8, 4) is 5.75 Å². The monoisotopic (exact) mass is 288 g/mol. The van der Waals surface area contributed by atoms with Gasteiger partial charge >= 0.3 is 5.69 Å². The molecule has 2 aromatic carbocycles. The molecule has 5 nitrogen and oxygen atoms in total. The van der Waals surface area contributed by atoms with E-state index in [1.54, 1.807) is 0 Å². The SMILES string of the molecule is O=[N+]([O-])c1c(F)cccc1NCC1Cc2ccccc2O1. The fourth-order valence-corrected chi connectivity index (χ4v) is 2.44. The summed E-state index contributed by atoms with van der Waals surface area (Å²) in [4.78, 5) is 10.2. The van der Waals surface area contributed by atoms with E-state index in [0.29, 0.717) is 6.54 Å². The number of rotatable bonds is 4. The Kier molecular flexibility index (Phi) is 3.43. The number of halogens is 1. The molecule has 1 unspecified atom stereocenters. The Hall–Kier alpha value is -2.63. The molecule has 21 heavy (non-hydrogen) atoms. The molecule has 0 radical (unpaired) electrons. The lowest BCUT2D eigenvalue weighted by Gasteiger charge is -2.13. The summed E-state index contributed by atoms with van der Waals surface area (Å²) < 4.78 is 19.2. The van der Waals surface area contributed by atoms with Gasteiger partial charge in [0.2, 0.25) is 5.82 Å². The van der Waals surface area contributed by atoms with Crippen molar-refractivity contribution < 1.29 is 14.1 Å². The lowest BCUT2D eigenvalue weighted by atomic mass is 10.1. The number of anilines is 1. The summed E-state index contributed by atoms with van der Waals surface area (Å²) in [5.41, 5.74) is 0.741. The lowest BCUT2D eigenvalue weighted by Crippen LogP contribution is -2.24. The maximum atomic E-state index is 13.5. The first-order valence-electron chi connectivity index (χ1n) is 6.56. The van der Waals surface area contributed by atoms with Crippen molar-refractivity contribution in [1.29, 1.82) is 0 Å². The fraction of sp³-hybridized carbons (Fsp3) is 0.200. The molecule has 0 aromatic heterocycles. The lowest BCUT2D eigenvalue weighted by molar-refractivity contribution is -0.386. The van der Waals surface area contributed by atoms with E-state index in [1.807, 2.05) is 24.3 Å². The van der Waals surface area contributed by atoms with Crippen molar-refractivity contribution in [2.24, 2.45) is 0 Å². The van der Waals surface area contributed by atoms with Crippen LogP contribution in [0.4, 0.5) is 15.8 Å². The van der Waals surface area contributed by atoms with Gasteiger partial charge in [-0.1, -0.05) is 24.3 Å². The zero-order valence-electron chi connectivity index (χ0n) is 11.1. The molecular formula is C15H13FN2O3. The smallest absolute Gasteiger partial charge is 0.327 e. The van der Waals surface area contributed by atoms with Crippen LogP contribution in [-0.4, -0.2) is 17.6 Å². The van der Waals surface area contributed by atoms with E-state index in [2.05, 4.69) is 5.32 Å². The summed E-state index contributed by atoms with van der Waals surface area (Å²) in [7, 11) is 0. The second-order valence-electron chi connectivity index (χ2n) is 4.83. The highest BCUT2D eigenvalue weighted by Gasteiger charge is 2.24. The quantitative estimate of drug-likeness (QED) is 0.693. The van der Waals surface area contributed by atoms with Gasteiger partial charge in [0.1, 0.15) is 17.5 Å². The van der Waals surface area contributed by atoms with Crippen molar-refractivity contribution in [3.05, 3.63) is 64.0 Å². The van der Waals surface area contributed by atoms with Gasteiger partial charge < -0.3 is 10.1 Å². The Labute approximate surface area is 120 Å². The van der Waals surface area contributed by atoms with Crippen molar-refractivity contribution >= 4 is 11.4 Å². The summed E-state index contributed by atoms with van der Waals surface area (Å²) in [5, 5.41) is 13.8. The van der Waals surface area contributed by atoms with Crippen LogP contribution in [0.15, 0.2) is 42.5 Å². The molecule has 1 aliphatic heterocycles. The molecule has 6 heteroatoms. The van der Waals surface area contributed by atoms with Gasteiger partial charge in [-0.15, -0.1) is 0 Å². The molecule has 1 heterocycles. The zero-order valence-corrected chi connectivity index (χ0v) is 11.1.